The first kappa shape index (κ1) is 19.7. The molecule has 0 aliphatic carbocycles. The van der Waals surface area contributed by atoms with Gasteiger partial charge in [-0.25, -0.2) is 4.98 Å². The summed E-state index contributed by atoms with van der Waals surface area (Å²) in [6, 6.07) is 8.47. The zero-order chi connectivity index (χ0) is 19.9. The molecular formula is C19H21BF3NO3. The highest BCUT2D eigenvalue weighted by Gasteiger charge is 2.51. The van der Waals surface area contributed by atoms with E-state index in [1.165, 1.54) is 6.07 Å². The third-order valence-corrected chi connectivity index (χ3v) is 4.93. The fourth-order valence-corrected chi connectivity index (χ4v) is 2.62. The van der Waals surface area contributed by atoms with E-state index >= 15 is 0 Å². The Bertz CT molecular complexity index is 808. The molecule has 0 atom stereocenters. The molecule has 2 aromatic rings. The Hall–Kier alpha value is -2.06. The third-order valence-electron chi connectivity index (χ3n) is 4.93. The molecule has 0 unspecified atom stereocenters. The van der Waals surface area contributed by atoms with Crippen LogP contribution in [0.15, 0.2) is 42.6 Å². The van der Waals surface area contributed by atoms with E-state index in [1.54, 1.807) is 24.4 Å². The van der Waals surface area contributed by atoms with Gasteiger partial charge in [0.05, 0.1) is 16.8 Å². The van der Waals surface area contributed by atoms with E-state index in [9.17, 15) is 13.2 Å². The molecule has 0 radical (unpaired) electrons. The van der Waals surface area contributed by atoms with Gasteiger partial charge >= 0.3 is 13.3 Å². The SMILES string of the molecule is CC1(C)OB(c2ccnc(OCc3cccc(C(F)(F)F)c3)c2)OC1(C)C. The van der Waals surface area contributed by atoms with Gasteiger partial charge in [0.1, 0.15) is 6.61 Å². The number of ether oxygens (including phenoxy) is 1. The van der Waals surface area contributed by atoms with Crippen molar-refractivity contribution in [1.29, 1.82) is 0 Å². The van der Waals surface area contributed by atoms with Crippen molar-refractivity contribution in [2.45, 2.75) is 51.7 Å². The number of pyridine rings is 1. The molecule has 1 aliphatic rings. The van der Waals surface area contributed by atoms with Crippen LogP contribution in [0, 0.1) is 0 Å². The number of alkyl halides is 3. The average molecular weight is 379 g/mol. The molecule has 27 heavy (non-hydrogen) atoms. The molecule has 0 spiro atoms. The molecule has 0 saturated carbocycles. The van der Waals surface area contributed by atoms with Gasteiger partial charge in [-0.15, -0.1) is 0 Å². The van der Waals surface area contributed by atoms with E-state index in [0.717, 1.165) is 17.6 Å². The van der Waals surface area contributed by atoms with Gasteiger partial charge in [-0.2, -0.15) is 13.2 Å². The van der Waals surface area contributed by atoms with E-state index in [-0.39, 0.29) is 6.61 Å². The van der Waals surface area contributed by atoms with Gasteiger partial charge in [0.25, 0.3) is 0 Å². The predicted molar refractivity (Wildman–Crippen MR) is 95.7 cm³/mol. The highest BCUT2D eigenvalue weighted by atomic mass is 19.4. The first-order valence-corrected chi connectivity index (χ1v) is 8.58. The largest absolute Gasteiger partial charge is 0.495 e. The fraction of sp³-hybridized carbons (Fsp3) is 0.421. The first-order chi connectivity index (χ1) is 12.5. The molecule has 0 N–H and O–H groups in total. The molecule has 1 fully saturated rings. The van der Waals surface area contributed by atoms with E-state index in [0.29, 0.717) is 11.4 Å². The molecule has 8 heteroatoms. The summed E-state index contributed by atoms with van der Waals surface area (Å²) in [5.41, 5.74) is -0.502. The van der Waals surface area contributed by atoms with Crippen LogP contribution in [0.5, 0.6) is 5.88 Å². The van der Waals surface area contributed by atoms with Crippen LogP contribution in [0.25, 0.3) is 0 Å². The van der Waals surface area contributed by atoms with Crippen molar-refractivity contribution in [1.82, 2.24) is 4.98 Å². The molecule has 2 heterocycles. The van der Waals surface area contributed by atoms with Crippen LogP contribution in [-0.4, -0.2) is 23.3 Å². The van der Waals surface area contributed by atoms with Crippen molar-refractivity contribution in [2.75, 3.05) is 0 Å². The highest BCUT2D eigenvalue weighted by Crippen LogP contribution is 2.36. The van der Waals surface area contributed by atoms with Crippen LogP contribution in [0.4, 0.5) is 13.2 Å². The van der Waals surface area contributed by atoms with Crippen LogP contribution in [0.1, 0.15) is 38.8 Å². The maximum absolute atomic E-state index is 12.8. The lowest BCUT2D eigenvalue weighted by Gasteiger charge is -2.32. The summed E-state index contributed by atoms with van der Waals surface area (Å²) in [6.07, 6.45) is -2.83. The van der Waals surface area contributed by atoms with E-state index in [1.807, 2.05) is 27.7 Å². The number of hydrogen-bond acceptors (Lipinski definition) is 4. The Morgan fingerprint density at radius 1 is 1.04 bits per heavy atom. The second kappa shape index (κ2) is 6.84. The molecule has 4 nitrogen and oxygen atoms in total. The van der Waals surface area contributed by atoms with Crippen LogP contribution in [0.3, 0.4) is 0 Å². The van der Waals surface area contributed by atoms with Gasteiger partial charge in [-0.1, -0.05) is 12.1 Å². The molecule has 144 valence electrons. The van der Waals surface area contributed by atoms with Crippen molar-refractivity contribution in [3.05, 3.63) is 53.7 Å². The maximum atomic E-state index is 12.8. The Morgan fingerprint density at radius 2 is 1.70 bits per heavy atom. The second-order valence-electron chi connectivity index (χ2n) is 7.50. The topological polar surface area (TPSA) is 40.6 Å². The van der Waals surface area contributed by atoms with Crippen LogP contribution >= 0.6 is 0 Å². The Balaban J connectivity index is 1.71. The van der Waals surface area contributed by atoms with Gasteiger partial charge in [0.15, 0.2) is 0 Å². The lowest BCUT2D eigenvalue weighted by molar-refractivity contribution is -0.137. The second-order valence-corrected chi connectivity index (χ2v) is 7.50. The summed E-state index contributed by atoms with van der Waals surface area (Å²) in [5, 5.41) is 0. The van der Waals surface area contributed by atoms with Crippen molar-refractivity contribution in [2.24, 2.45) is 0 Å². The Labute approximate surface area is 156 Å². The van der Waals surface area contributed by atoms with Crippen LogP contribution < -0.4 is 10.2 Å². The standard InChI is InChI=1S/C19H21BF3NO3/c1-17(2)18(3,4)27-20(26-17)15-8-9-24-16(11-15)25-12-13-6-5-7-14(10-13)19(21,22)23/h5-11H,12H2,1-4H3. The minimum atomic E-state index is -4.38. The molecule has 1 aliphatic heterocycles. The summed E-state index contributed by atoms with van der Waals surface area (Å²) >= 11 is 0. The minimum absolute atomic E-state index is 0.0241. The van der Waals surface area contributed by atoms with E-state index in [4.69, 9.17) is 14.0 Å². The molecule has 1 saturated heterocycles. The fourth-order valence-electron chi connectivity index (χ4n) is 2.62. The highest BCUT2D eigenvalue weighted by molar-refractivity contribution is 6.62. The third kappa shape index (κ3) is 4.27. The van der Waals surface area contributed by atoms with Gasteiger partial charge in [0.2, 0.25) is 5.88 Å². The van der Waals surface area contributed by atoms with Gasteiger partial charge in [-0.3, -0.25) is 0 Å². The molecule has 1 aromatic carbocycles. The number of nitrogens with zero attached hydrogens (tertiary/aromatic N) is 1. The van der Waals surface area contributed by atoms with Gasteiger partial charge in [-0.05, 0) is 56.9 Å². The van der Waals surface area contributed by atoms with Crippen LogP contribution in [-0.2, 0) is 22.1 Å². The number of hydrogen-bond donors (Lipinski definition) is 0. The van der Waals surface area contributed by atoms with Crippen LogP contribution in [0.2, 0.25) is 0 Å². The smallest absolute Gasteiger partial charge is 0.473 e. The lowest BCUT2D eigenvalue weighted by Crippen LogP contribution is -2.41. The summed E-state index contributed by atoms with van der Waals surface area (Å²) in [5.74, 6) is 0.291. The molecule has 0 bridgehead atoms. The normalized spacial score (nSPS) is 18.6. The van der Waals surface area contributed by atoms with E-state index in [2.05, 4.69) is 4.98 Å². The van der Waals surface area contributed by atoms with Gasteiger partial charge in [0, 0.05) is 12.3 Å². The number of benzene rings is 1. The zero-order valence-electron chi connectivity index (χ0n) is 15.6. The molecule has 0 amide bonds. The average Bonchev–Trinajstić information content (AvgIpc) is 2.81. The zero-order valence-corrected chi connectivity index (χ0v) is 15.6. The summed E-state index contributed by atoms with van der Waals surface area (Å²) < 4.78 is 56.0. The molecule has 3 rings (SSSR count). The van der Waals surface area contributed by atoms with Crippen molar-refractivity contribution >= 4 is 12.6 Å². The Morgan fingerprint density at radius 3 is 2.33 bits per heavy atom. The maximum Gasteiger partial charge on any atom is 0.495 e. The van der Waals surface area contributed by atoms with E-state index < -0.39 is 30.1 Å². The summed E-state index contributed by atoms with van der Waals surface area (Å²) in [4.78, 5) is 4.11. The first-order valence-electron chi connectivity index (χ1n) is 8.58. The number of rotatable bonds is 4. The van der Waals surface area contributed by atoms with Crippen molar-refractivity contribution < 1.29 is 27.2 Å². The summed E-state index contributed by atoms with van der Waals surface area (Å²) in [6.45, 7) is 7.81. The summed E-state index contributed by atoms with van der Waals surface area (Å²) in [7, 11) is -0.561. The van der Waals surface area contributed by atoms with Crippen molar-refractivity contribution in [3.63, 3.8) is 0 Å². The number of halogens is 3. The van der Waals surface area contributed by atoms with Crippen molar-refractivity contribution in [3.8, 4) is 5.88 Å². The monoisotopic (exact) mass is 379 g/mol. The minimum Gasteiger partial charge on any atom is -0.473 e. The van der Waals surface area contributed by atoms with Gasteiger partial charge < -0.3 is 14.0 Å². The lowest BCUT2D eigenvalue weighted by atomic mass is 9.80. The molecular weight excluding hydrogens is 358 g/mol. The Kier molecular flexibility index (Phi) is 4.99. The number of aromatic nitrogens is 1. The molecule has 1 aromatic heterocycles. The predicted octanol–water partition coefficient (Wildman–Crippen LogP) is 3.98. The quantitative estimate of drug-likeness (QED) is 0.754.